The SMILES string of the molecule is Cc1ccc(-c2nnc(SC(C)C(=O)Nc3ccc(C#N)c(Cl)c3)o2)cc1. The normalized spacial score (nSPS) is 11.6. The number of thioether (sulfide) groups is 1. The van der Waals surface area contributed by atoms with Crippen LogP contribution in [0.15, 0.2) is 52.1 Å². The van der Waals surface area contributed by atoms with E-state index in [1.165, 1.54) is 6.07 Å². The summed E-state index contributed by atoms with van der Waals surface area (Å²) >= 11 is 7.14. The van der Waals surface area contributed by atoms with Gasteiger partial charge in [-0.25, -0.2) is 0 Å². The Morgan fingerprint density at radius 2 is 2.00 bits per heavy atom. The van der Waals surface area contributed by atoms with Gasteiger partial charge in [0.1, 0.15) is 6.07 Å². The quantitative estimate of drug-likeness (QED) is 0.627. The van der Waals surface area contributed by atoms with Crippen LogP contribution in [0.1, 0.15) is 18.1 Å². The lowest BCUT2D eigenvalue weighted by Crippen LogP contribution is -2.22. The van der Waals surface area contributed by atoms with Crippen LogP contribution in [0.4, 0.5) is 5.69 Å². The van der Waals surface area contributed by atoms with Crippen molar-refractivity contribution < 1.29 is 9.21 Å². The van der Waals surface area contributed by atoms with E-state index in [2.05, 4.69) is 15.5 Å². The molecule has 1 unspecified atom stereocenters. The van der Waals surface area contributed by atoms with Crippen LogP contribution in [-0.2, 0) is 4.79 Å². The average molecular weight is 399 g/mol. The zero-order valence-electron chi connectivity index (χ0n) is 14.6. The van der Waals surface area contributed by atoms with Crippen molar-refractivity contribution in [2.45, 2.75) is 24.3 Å². The Balaban J connectivity index is 1.64. The molecule has 27 heavy (non-hydrogen) atoms. The van der Waals surface area contributed by atoms with Gasteiger partial charge in [0.15, 0.2) is 0 Å². The highest BCUT2D eigenvalue weighted by Crippen LogP contribution is 2.27. The molecule has 0 aliphatic heterocycles. The first-order valence-corrected chi connectivity index (χ1v) is 9.30. The highest BCUT2D eigenvalue weighted by atomic mass is 35.5. The number of anilines is 1. The van der Waals surface area contributed by atoms with Gasteiger partial charge in [-0.1, -0.05) is 41.1 Å². The molecule has 1 heterocycles. The van der Waals surface area contributed by atoms with Gasteiger partial charge < -0.3 is 9.73 Å². The second-order valence-electron chi connectivity index (χ2n) is 5.79. The summed E-state index contributed by atoms with van der Waals surface area (Å²) in [6.45, 7) is 3.74. The molecule has 0 saturated heterocycles. The number of hydrogen-bond acceptors (Lipinski definition) is 6. The zero-order valence-corrected chi connectivity index (χ0v) is 16.1. The van der Waals surface area contributed by atoms with Crippen LogP contribution in [0.2, 0.25) is 5.02 Å². The number of aromatic nitrogens is 2. The minimum absolute atomic E-state index is 0.240. The number of benzene rings is 2. The molecule has 2 aromatic carbocycles. The average Bonchev–Trinajstić information content (AvgIpc) is 3.11. The smallest absolute Gasteiger partial charge is 0.277 e. The maximum atomic E-state index is 12.4. The molecule has 3 rings (SSSR count). The van der Waals surface area contributed by atoms with Crippen LogP contribution in [0, 0.1) is 18.3 Å². The molecule has 3 aromatic rings. The Labute approximate surface area is 165 Å². The van der Waals surface area contributed by atoms with Gasteiger partial charge in [0.05, 0.1) is 15.8 Å². The molecule has 1 aromatic heterocycles. The van der Waals surface area contributed by atoms with Gasteiger partial charge in [0.25, 0.3) is 5.22 Å². The van der Waals surface area contributed by atoms with Crippen molar-refractivity contribution in [1.29, 1.82) is 5.26 Å². The Kier molecular flexibility index (Phi) is 5.79. The molecular formula is C19H15ClN4O2S. The van der Waals surface area contributed by atoms with Gasteiger partial charge >= 0.3 is 0 Å². The molecule has 0 radical (unpaired) electrons. The number of carbonyl (C=O) groups is 1. The molecule has 0 saturated carbocycles. The number of nitrogens with one attached hydrogen (secondary N) is 1. The first-order chi connectivity index (χ1) is 13.0. The van der Waals surface area contributed by atoms with Crippen LogP contribution in [-0.4, -0.2) is 21.4 Å². The summed E-state index contributed by atoms with van der Waals surface area (Å²) in [7, 11) is 0. The molecule has 1 N–H and O–H groups in total. The van der Waals surface area contributed by atoms with E-state index in [0.29, 0.717) is 22.4 Å². The molecule has 0 aliphatic carbocycles. The Hall–Kier alpha value is -2.82. The van der Waals surface area contributed by atoms with E-state index in [1.54, 1.807) is 19.1 Å². The fourth-order valence-electron chi connectivity index (χ4n) is 2.20. The predicted octanol–water partition coefficient (Wildman–Crippen LogP) is 4.69. The Morgan fingerprint density at radius 1 is 1.26 bits per heavy atom. The molecule has 136 valence electrons. The van der Waals surface area contributed by atoms with E-state index in [4.69, 9.17) is 21.3 Å². The zero-order chi connectivity index (χ0) is 19.4. The molecule has 0 spiro atoms. The van der Waals surface area contributed by atoms with E-state index in [0.717, 1.165) is 22.9 Å². The summed E-state index contributed by atoms with van der Waals surface area (Å²) in [6, 6.07) is 14.4. The topological polar surface area (TPSA) is 91.8 Å². The summed E-state index contributed by atoms with van der Waals surface area (Å²) < 4.78 is 5.63. The van der Waals surface area contributed by atoms with Gasteiger partial charge in [-0.2, -0.15) is 5.26 Å². The monoisotopic (exact) mass is 398 g/mol. The Morgan fingerprint density at radius 3 is 2.67 bits per heavy atom. The molecule has 8 heteroatoms. The Bertz CT molecular complexity index is 1010. The number of amides is 1. The summed E-state index contributed by atoms with van der Waals surface area (Å²) in [5, 5.41) is 19.8. The van der Waals surface area contributed by atoms with Gasteiger partial charge in [-0.15, -0.1) is 10.2 Å². The summed E-state index contributed by atoms with van der Waals surface area (Å²) in [5.74, 6) is 0.167. The van der Waals surface area contributed by atoms with Gasteiger partial charge in [-0.05, 0) is 44.2 Å². The number of hydrogen-bond donors (Lipinski definition) is 1. The van der Waals surface area contributed by atoms with Crippen molar-refractivity contribution in [2.75, 3.05) is 5.32 Å². The number of nitrogens with zero attached hydrogens (tertiary/aromatic N) is 3. The largest absolute Gasteiger partial charge is 0.411 e. The minimum Gasteiger partial charge on any atom is -0.411 e. The lowest BCUT2D eigenvalue weighted by Gasteiger charge is -2.10. The van der Waals surface area contributed by atoms with E-state index in [-0.39, 0.29) is 10.9 Å². The number of rotatable bonds is 5. The van der Waals surface area contributed by atoms with E-state index in [9.17, 15) is 4.79 Å². The van der Waals surface area contributed by atoms with Gasteiger partial charge in [-0.3, -0.25) is 4.79 Å². The molecule has 6 nitrogen and oxygen atoms in total. The lowest BCUT2D eigenvalue weighted by atomic mass is 10.1. The number of halogens is 1. The molecule has 1 atom stereocenters. The molecule has 0 bridgehead atoms. The standard InChI is InChI=1S/C19H15ClN4O2S/c1-11-3-5-13(6-4-11)18-23-24-19(26-18)27-12(2)17(25)22-15-8-7-14(10-21)16(20)9-15/h3-9,12H,1-2H3,(H,22,25). The van der Waals surface area contributed by atoms with Crippen LogP contribution < -0.4 is 5.32 Å². The second-order valence-corrected chi connectivity index (χ2v) is 7.49. The third kappa shape index (κ3) is 4.67. The molecule has 1 amide bonds. The van der Waals surface area contributed by atoms with Crippen molar-refractivity contribution in [3.63, 3.8) is 0 Å². The van der Waals surface area contributed by atoms with Crippen LogP contribution in [0.5, 0.6) is 0 Å². The lowest BCUT2D eigenvalue weighted by molar-refractivity contribution is -0.115. The minimum atomic E-state index is -0.467. The first-order valence-electron chi connectivity index (χ1n) is 8.04. The van der Waals surface area contributed by atoms with Crippen molar-refractivity contribution >= 4 is 35.0 Å². The molecular weight excluding hydrogens is 384 g/mol. The maximum absolute atomic E-state index is 12.4. The van der Waals surface area contributed by atoms with E-state index < -0.39 is 5.25 Å². The number of carbonyl (C=O) groups excluding carboxylic acids is 1. The van der Waals surface area contributed by atoms with E-state index in [1.807, 2.05) is 37.3 Å². The van der Waals surface area contributed by atoms with Crippen molar-refractivity contribution in [1.82, 2.24) is 10.2 Å². The highest BCUT2D eigenvalue weighted by molar-refractivity contribution is 8.00. The third-order valence-corrected chi connectivity index (χ3v) is 4.96. The fourth-order valence-corrected chi connectivity index (χ4v) is 3.11. The summed E-state index contributed by atoms with van der Waals surface area (Å²) in [4.78, 5) is 12.4. The first kappa shape index (κ1) is 19.0. The molecule has 0 fully saturated rings. The number of nitriles is 1. The van der Waals surface area contributed by atoms with Crippen molar-refractivity contribution in [3.8, 4) is 17.5 Å². The third-order valence-electron chi connectivity index (χ3n) is 3.71. The van der Waals surface area contributed by atoms with Crippen LogP contribution >= 0.6 is 23.4 Å². The predicted molar refractivity (Wildman–Crippen MR) is 105 cm³/mol. The van der Waals surface area contributed by atoms with Gasteiger partial charge in [0.2, 0.25) is 11.8 Å². The second kappa shape index (κ2) is 8.25. The van der Waals surface area contributed by atoms with Crippen LogP contribution in [0.3, 0.4) is 0 Å². The maximum Gasteiger partial charge on any atom is 0.277 e. The van der Waals surface area contributed by atoms with Crippen molar-refractivity contribution in [3.05, 3.63) is 58.6 Å². The number of aryl methyl sites for hydroxylation is 1. The van der Waals surface area contributed by atoms with E-state index >= 15 is 0 Å². The van der Waals surface area contributed by atoms with Crippen molar-refractivity contribution in [2.24, 2.45) is 0 Å². The van der Waals surface area contributed by atoms with Gasteiger partial charge in [0, 0.05) is 11.3 Å². The summed E-state index contributed by atoms with van der Waals surface area (Å²) in [5.41, 5.74) is 2.83. The molecule has 0 aliphatic rings. The fraction of sp³-hybridized carbons (Fsp3) is 0.158. The highest BCUT2D eigenvalue weighted by Gasteiger charge is 2.19. The van der Waals surface area contributed by atoms with Crippen LogP contribution in [0.25, 0.3) is 11.5 Å². The summed E-state index contributed by atoms with van der Waals surface area (Å²) in [6.07, 6.45) is 0.